The number of para-hydroxylation sites is 2. The maximum Gasteiger partial charge on any atom is 0.263 e. The zero-order chi connectivity index (χ0) is 25.1. The van der Waals surface area contributed by atoms with Crippen LogP contribution in [0.5, 0.6) is 5.75 Å². The molecule has 0 unspecified atom stereocenters. The second-order valence-corrected chi connectivity index (χ2v) is 9.14. The van der Waals surface area contributed by atoms with Crippen molar-refractivity contribution in [2.45, 2.75) is 39.8 Å². The molecule has 0 fully saturated rings. The minimum atomic E-state index is -0.223. The third kappa shape index (κ3) is 4.62. The molecule has 0 aliphatic rings. The Kier molecular flexibility index (Phi) is 6.82. The Balaban J connectivity index is 1.33. The Morgan fingerprint density at radius 2 is 1.97 bits per heavy atom. The van der Waals surface area contributed by atoms with Crippen LogP contribution in [-0.2, 0) is 6.54 Å². The molecule has 0 atom stereocenters. The second-order valence-electron chi connectivity index (χ2n) is 9.14. The van der Waals surface area contributed by atoms with Crippen LogP contribution in [-0.4, -0.2) is 33.5 Å². The first-order valence-corrected chi connectivity index (χ1v) is 12.3. The molecule has 7 heteroatoms. The summed E-state index contributed by atoms with van der Waals surface area (Å²) in [7, 11) is 0. The zero-order valence-electron chi connectivity index (χ0n) is 20.8. The maximum atomic E-state index is 13.7. The molecule has 3 heterocycles. The van der Waals surface area contributed by atoms with Gasteiger partial charge in [0.1, 0.15) is 11.3 Å². The molecule has 0 aliphatic carbocycles. The van der Waals surface area contributed by atoms with E-state index in [1.54, 1.807) is 6.20 Å². The number of fused-ring (bicyclic) bond motifs is 2. The number of hydrogen-bond donors (Lipinski definition) is 1. The summed E-state index contributed by atoms with van der Waals surface area (Å²) in [5.41, 5.74) is 4.29. The van der Waals surface area contributed by atoms with Crippen LogP contribution in [0.2, 0.25) is 0 Å². The number of benzene rings is 2. The van der Waals surface area contributed by atoms with Crippen molar-refractivity contribution in [3.63, 3.8) is 0 Å². The SMILES string of the molecule is Cc1c(C(=O)c2nc3ccccc3n2C(C)C)oc2cccc(OCCCNCc3cccnc3)c12. The summed E-state index contributed by atoms with van der Waals surface area (Å²) >= 11 is 0. The van der Waals surface area contributed by atoms with Crippen molar-refractivity contribution in [3.05, 3.63) is 89.7 Å². The third-order valence-corrected chi connectivity index (χ3v) is 6.24. The van der Waals surface area contributed by atoms with Gasteiger partial charge in [-0.05, 0) is 69.6 Å². The summed E-state index contributed by atoms with van der Waals surface area (Å²) in [6.07, 6.45) is 4.48. The van der Waals surface area contributed by atoms with Crippen LogP contribution in [0.15, 0.2) is 71.4 Å². The number of nitrogens with one attached hydrogen (secondary N) is 1. The maximum absolute atomic E-state index is 13.7. The van der Waals surface area contributed by atoms with Gasteiger partial charge in [0.25, 0.3) is 5.78 Å². The molecule has 0 radical (unpaired) electrons. The van der Waals surface area contributed by atoms with Crippen molar-refractivity contribution in [3.8, 4) is 5.75 Å². The standard InChI is InChI=1S/C29H30N4O3/c1-19(2)33-23-11-5-4-10-22(23)32-29(33)27(34)28-20(3)26-24(12-6-13-25(26)36-28)35-16-8-15-31-18-21-9-7-14-30-17-21/h4-7,9-14,17,19,31H,8,15-16,18H2,1-3H3. The Hall–Kier alpha value is -3.97. The summed E-state index contributed by atoms with van der Waals surface area (Å²) in [4.78, 5) is 22.4. The van der Waals surface area contributed by atoms with Crippen molar-refractivity contribution in [2.24, 2.45) is 0 Å². The summed E-state index contributed by atoms with van der Waals surface area (Å²) < 4.78 is 14.2. The molecule has 2 aromatic carbocycles. The van der Waals surface area contributed by atoms with Crippen LogP contribution in [0.25, 0.3) is 22.0 Å². The average molecular weight is 483 g/mol. The highest BCUT2D eigenvalue weighted by Crippen LogP contribution is 2.35. The highest BCUT2D eigenvalue weighted by molar-refractivity contribution is 6.10. The van der Waals surface area contributed by atoms with E-state index in [2.05, 4.69) is 15.3 Å². The summed E-state index contributed by atoms with van der Waals surface area (Å²) in [6.45, 7) is 8.16. The zero-order valence-corrected chi connectivity index (χ0v) is 20.8. The fourth-order valence-corrected chi connectivity index (χ4v) is 4.55. The Morgan fingerprint density at radius 1 is 1.11 bits per heavy atom. The molecule has 0 amide bonds. The molecule has 0 saturated carbocycles. The predicted molar refractivity (Wildman–Crippen MR) is 141 cm³/mol. The molecule has 0 saturated heterocycles. The van der Waals surface area contributed by atoms with Crippen LogP contribution in [0.3, 0.4) is 0 Å². The van der Waals surface area contributed by atoms with Gasteiger partial charge in [-0.2, -0.15) is 0 Å². The molecule has 0 spiro atoms. The fourth-order valence-electron chi connectivity index (χ4n) is 4.55. The number of hydrogen-bond acceptors (Lipinski definition) is 6. The number of pyridine rings is 1. The van der Waals surface area contributed by atoms with Crippen molar-refractivity contribution in [1.29, 1.82) is 0 Å². The molecule has 5 aromatic rings. The summed E-state index contributed by atoms with van der Waals surface area (Å²) in [5.74, 6) is 1.18. The van der Waals surface area contributed by atoms with E-state index < -0.39 is 0 Å². The number of furan rings is 1. The minimum Gasteiger partial charge on any atom is -0.493 e. The van der Waals surface area contributed by atoms with Crippen LogP contribution in [0.1, 0.15) is 53.8 Å². The van der Waals surface area contributed by atoms with Crippen LogP contribution in [0.4, 0.5) is 0 Å². The molecule has 5 rings (SSSR count). The van der Waals surface area contributed by atoms with Crippen LogP contribution < -0.4 is 10.1 Å². The molecule has 184 valence electrons. The fraction of sp³-hybridized carbons (Fsp3) is 0.276. The number of rotatable bonds is 10. The number of carbonyl (C=O) groups excluding carboxylic acids is 1. The van der Waals surface area contributed by atoms with E-state index >= 15 is 0 Å². The largest absolute Gasteiger partial charge is 0.493 e. The molecular formula is C29H30N4O3. The van der Waals surface area contributed by atoms with Gasteiger partial charge in [-0.3, -0.25) is 9.78 Å². The van der Waals surface area contributed by atoms with Gasteiger partial charge in [0.05, 0.1) is 23.0 Å². The summed E-state index contributed by atoms with van der Waals surface area (Å²) in [5, 5.41) is 4.24. The lowest BCUT2D eigenvalue weighted by atomic mass is 10.1. The van der Waals surface area contributed by atoms with E-state index in [0.717, 1.165) is 52.8 Å². The third-order valence-electron chi connectivity index (χ3n) is 6.24. The lowest BCUT2D eigenvalue weighted by molar-refractivity contribution is 0.0995. The van der Waals surface area contributed by atoms with Gasteiger partial charge in [-0.1, -0.05) is 24.3 Å². The van der Waals surface area contributed by atoms with Gasteiger partial charge < -0.3 is 19.0 Å². The lowest BCUT2D eigenvalue weighted by Gasteiger charge is -2.11. The number of aryl methyl sites for hydroxylation is 1. The topological polar surface area (TPSA) is 82.2 Å². The van der Waals surface area contributed by atoms with E-state index in [4.69, 9.17) is 9.15 Å². The van der Waals surface area contributed by atoms with Gasteiger partial charge >= 0.3 is 0 Å². The Labute approximate surface area is 210 Å². The van der Waals surface area contributed by atoms with Gasteiger partial charge in [0.2, 0.25) is 0 Å². The van der Waals surface area contributed by atoms with E-state index in [9.17, 15) is 4.79 Å². The predicted octanol–water partition coefficient (Wildman–Crippen LogP) is 5.86. The second kappa shape index (κ2) is 10.3. The first-order chi connectivity index (χ1) is 17.5. The monoisotopic (exact) mass is 482 g/mol. The highest BCUT2D eigenvalue weighted by Gasteiger charge is 2.27. The van der Waals surface area contributed by atoms with Crippen molar-refractivity contribution < 1.29 is 13.9 Å². The molecule has 3 aromatic heterocycles. The Bertz CT molecular complexity index is 1500. The van der Waals surface area contributed by atoms with Crippen molar-refractivity contribution in [1.82, 2.24) is 19.9 Å². The highest BCUT2D eigenvalue weighted by atomic mass is 16.5. The molecule has 36 heavy (non-hydrogen) atoms. The molecule has 7 nitrogen and oxygen atoms in total. The molecule has 1 N–H and O–H groups in total. The van der Waals surface area contributed by atoms with Crippen molar-refractivity contribution >= 4 is 27.8 Å². The number of ketones is 1. The number of nitrogens with zero attached hydrogens (tertiary/aromatic N) is 3. The van der Waals surface area contributed by atoms with Crippen LogP contribution in [0, 0.1) is 6.92 Å². The number of imidazole rings is 1. The number of aromatic nitrogens is 3. The average Bonchev–Trinajstić information content (AvgIpc) is 3.45. The van der Waals surface area contributed by atoms with Crippen LogP contribution >= 0.6 is 0 Å². The van der Waals surface area contributed by atoms with Gasteiger partial charge in [0.15, 0.2) is 11.6 Å². The quantitative estimate of drug-likeness (QED) is 0.198. The molecule has 0 bridgehead atoms. The lowest BCUT2D eigenvalue weighted by Crippen LogP contribution is -2.17. The first kappa shape index (κ1) is 23.8. The Morgan fingerprint density at radius 3 is 2.78 bits per heavy atom. The first-order valence-electron chi connectivity index (χ1n) is 12.3. The molecular weight excluding hydrogens is 452 g/mol. The molecule has 0 aliphatic heterocycles. The van der Waals surface area contributed by atoms with E-state index in [-0.39, 0.29) is 11.8 Å². The van der Waals surface area contributed by atoms with E-state index in [1.165, 1.54) is 0 Å². The van der Waals surface area contributed by atoms with Gasteiger partial charge in [-0.25, -0.2) is 4.98 Å². The van der Waals surface area contributed by atoms with E-state index in [0.29, 0.717) is 23.8 Å². The number of ether oxygens (including phenoxy) is 1. The van der Waals surface area contributed by atoms with Gasteiger partial charge in [-0.15, -0.1) is 0 Å². The normalized spacial score (nSPS) is 11.6. The number of carbonyl (C=O) groups is 1. The van der Waals surface area contributed by atoms with Crippen molar-refractivity contribution in [2.75, 3.05) is 13.2 Å². The van der Waals surface area contributed by atoms with E-state index in [1.807, 2.05) is 86.1 Å². The smallest absolute Gasteiger partial charge is 0.263 e. The minimum absolute atomic E-state index is 0.0756. The van der Waals surface area contributed by atoms with Gasteiger partial charge in [0, 0.05) is 30.5 Å². The summed E-state index contributed by atoms with van der Waals surface area (Å²) in [6, 6.07) is 17.5.